The third-order valence-corrected chi connectivity index (χ3v) is 4.13. The first-order valence-electron chi connectivity index (χ1n) is 7.47. The number of carboxylic acid groups (broad SMARTS) is 1. The van der Waals surface area contributed by atoms with Gasteiger partial charge in [0.15, 0.2) is 0 Å². The molecule has 1 aliphatic carbocycles. The zero-order chi connectivity index (χ0) is 14.5. The van der Waals surface area contributed by atoms with E-state index in [1.807, 2.05) is 6.92 Å². The number of aliphatic carboxylic acids is 1. The lowest BCUT2D eigenvalue weighted by atomic mass is 9.82. The number of carboxylic acids is 1. The van der Waals surface area contributed by atoms with Crippen molar-refractivity contribution in [3.63, 3.8) is 0 Å². The highest BCUT2D eigenvalue weighted by Gasteiger charge is 2.32. The van der Waals surface area contributed by atoms with Crippen molar-refractivity contribution < 1.29 is 14.6 Å². The van der Waals surface area contributed by atoms with E-state index >= 15 is 0 Å². The Kier molecular flexibility index (Phi) is 6.27. The van der Waals surface area contributed by atoms with Crippen LogP contribution in [0.4, 0.5) is 0 Å². The molecular formula is C15H29NO3. The first kappa shape index (κ1) is 16.4. The van der Waals surface area contributed by atoms with Crippen molar-refractivity contribution >= 4 is 5.97 Å². The lowest BCUT2D eigenvalue weighted by Crippen LogP contribution is -2.50. The monoisotopic (exact) mass is 271 g/mol. The topological polar surface area (TPSA) is 58.6 Å². The van der Waals surface area contributed by atoms with E-state index < -0.39 is 11.5 Å². The Morgan fingerprint density at radius 2 is 1.89 bits per heavy atom. The van der Waals surface area contributed by atoms with Crippen molar-refractivity contribution in [2.45, 2.75) is 65.0 Å². The van der Waals surface area contributed by atoms with Crippen LogP contribution >= 0.6 is 0 Å². The van der Waals surface area contributed by atoms with Crippen LogP contribution in [0.25, 0.3) is 0 Å². The van der Waals surface area contributed by atoms with Crippen molar-refractivity contribution in [3.05, 3.63) is 0 Å². The van der Waals surface area contributed by atoms with Gasteiger partial charge in [-0.1, -0.05) is 20.8 Å². The van der Waals surface area contributed by atoms with E-state index in [0.717, 1.165) is 12.8 Å². The van der Waals surface area contributed by atoms with Gasteiger partial charge in [0, 0.05) is 6.61 Å². The summed E-state index contributed by atoms with van der Waals surface area (Å²) in [6.07, 6.45) is 4.31. The molecular weight excluding hydrogens is 242 g/mol. The smallest absolute Gasteiger partial charge is 0.323 e. The molecule has 0 amide bonds. The Hall–Kier alpha value is -0.610. The van der Waals surface area contributed by atoms with Gasteiger partial charge in [-0.05, 0) is 51.0 Å². The molecule has 3 unspecified atom stereocenters. The molecule has 1 saturated carbocycles. The van der Waals surface area contributed by atoms with E-state index in [2.05, 4.69) is 19.2 Å². The van der Waals surface area contributed by atoms with E-state index in [4.69, 9.17) is 4.74 Å². The third kappa shape index (κ3) is 5.11. The summed E-state index contributed by atoms with van der Waals surface area (Å²) in [5, 5.41) is 12.3. The SMILES string of the molecule is CCNC(C)(CCOC1CC(C)CC(C)C1)C(=O)O. The second-order valence-electron chi connectivity index (χ2n) is 6.33. The molecule has 1 aliphatic rings. The summed E-state index contributed by atoms with van der Waals surface area (Å²) in [5.41, 5.74) is -0.874. The van der Waals surface area contributed by atoms with E-state index in [1.54, 1.807) is 6.92 Å². The molecule has 0 spiro atoms. The fraction of sp³-hybridized carbons (Fsp3) is 0.933. The lowest BCUT2D eigenvalue weighted by molar-refractivity contribution is -0.145. The predicted octanol–water partition coefficient (Wildman–Crippen LogP) is 2.67. The van der Waals surface area contributed by atoms with Crippen LogP contribution in [-0.4, -0.2) is 35.9 Å². The van der Waals surface area contributed by atoms with Gasteiger partial charge in [-0.15, -0.1) is 0 Å². The van der Waals surface area contributed by atoms with E-state index in [1.165, 1.54) is 6.42 Å². The molecule has 0 aliphatic heterocycles. The summed E-state index contributed by atoms with van der Waals surface area (Å²) < 4.78 is 5.91. The van der Waals surface area contributed by atoms with Gasteiger partial charge in [-0.3, -0.25) is 4.79 Å². The summed E-state index contributed by atoms with van der Waals surface area (Å²) in [6.45, 7) is 9.36. The van der Waals surface area contributed by atoms with Crippen LogP contribution in [0.1, 0.15) is 53.4 Å². The van der Waals surface area contributed by atoms with Gasteiger partial charge in [0.25, 0.3) is 0 Å². The molecule has 4 nitrogen and oxygen atoms in total. The van der Waals surface area contributed by atoms with Crippen molar-refractivity contribution in [2.24, 2.45) is 11.8 Å². The lowest BCUT2D eigenvalue weighted by Gasteiger charge is -2.32. The summed E-state index contributed by atoms with van der Waals surface area (Å²) in [6, 6.07) is 0. The highest BCUT2D eigenvalue weighted by atomic mass is 16.5. The molecule has 2 N–H and O–H groups in total. The van der Waals surface area contributed by atoms with Gasteiger partial charge >= 0.3 is 5.97 Å². The highest BCUT2D eigenvalue weighted by Crippen LogP contribution is 2.30. The second-order valence-corrected chi connectivity index (χ2v) is 6.33. The normalized spacial score (nSPS) is 30.8. The van der Waals surface area contributed by atoms with Gasteiger partial charge in [-0.25, -0.2) is 0 Å². The van der Waals surface area contributed by atoms with Crippen LogP contribution in [0.15, 0.2) is 0 Å². The molecule has 0 heterocycles. The van der Waals surface area contributed by atoms with Crippen molar-refractivity contribution in [3.8, 4) is 0 Å². The van der Waals surface area contributed by atoms with Crippen molar-refractivity contribution in [1.82, 2.24) is 5.32 Å². The fourth-order valence-corrected chi connectivity index (χ4v) is 3.10. The van der Waals surface area contributed by atoms with E-state index in [0.29, 0.717) is 37.5 Å². The molecule has 0 saturated heterocycles. The van der Waals surface area contributed by atoms with E-state index in [9.17, 15) is 9.90 Å². The average molecular weight is 271 g/mol. The van der Waals surface area contributed by atoms with Crippen molar-refractivity contribution in [1.29, 1.82) is 0 Å². The van der Waals surface area contributed by atoms with Crippen LogP contribution in [0.5, 0.6) is 0 Å². The predicted molar refractivity (Wildman–Crippen MR) is 76.3 cm³/mol. The first-order valence-corrected chi connectivity index (χ1v) is 7.47. The van der Waals surface area contributed by atoms with Crippen LogP contribution in [0.2, 0.25) is 0 Å². The molecule has 0 aromatic carbocycles. The Bertz CT molecular complexity index is 285. The fourth-order valence-electron chi connectivity index (χ4n) is 3.10. The molecule has 0 bridgehead atoms. The molecule has 112 valence electrons. The maximum absolute atomic E-state index is 11.3. The Balaban J connectivity index is 2.37. The molecule has 3 atom stereocenters. The average Bonchev–Trinajstić information content (AvgIpc) is 2.27. The number of hydrogen-bond acceptors (Lipinski definition) is 3. The molecule has 1 rings (SSSR count). The Morgan fingerprint density at radius 1 is 1.32 bits per heavy atom. The van der Waals surface area contributed by atoms with Gasteiger partial charge in [0.1, 0.15) is 5.54 Å². The summed E-state index contributed by atoms with van der Waals surface area (Å²) in [4.78, 5) is 11.3. The number of likely N-dealkylation sites (N-methyl/N-ethyl adjacent to an activating group) is 1. The molecule has 4 heteroatoms. The highest BCUT2D eigenvalue weighted by molar-refractivity contribution is 5.78. The second kappa shape index (κ2) is 7.25. The van der Waals surface area contributed by atoms with E-state index in [-0.39, 0.29) is 0 Å². The summed E-state index contributed by atoms with van der Waals surface area (Å²) >= 11 is 0. The maximum atomic E-state index is 11.3. The minimum atomic E-state index is -0.874. The quantitative estimate of drug-likeness (QED) is 0.747. The Morgan fingerprint density at radius 3 is 2.37 bits per heavy atom. The van der Waals surface area contributed by atoms with Gasteiger partial charge in [0.2, 0.25) is 0 Å². The number of hydrogen-bond donors (Lipinski definition) is 2. The maximum Gasteiger partial charge on any atom is 0.323 e. The number of carbonyl (C=O) groups is 1. The molecule has 1 fully saturated rings. The standard InChI is InChI=1S/C15H29NO3/c1-5-16-15(4,14(17)18)6-7-19-13-9-11(2)8-12(3)10-13/h11-13,16H,5-10H2,1-4H3,(H,17,18). The summed E-state index contributed by atoms with van der Waals surface area (Å²) in [5.74, 6) is 0.630. The first-order chi connectivity index (χ1) is 8.87. The van der Waals surface area contributed by atoms with Gasteiger partial charge in [-0.2, -0.15) is 0 Å². The number of nitrogens with one attached hydrogen (secondary N) is 1. The van der Waals surface area contributed by atoms with Gasteiger partial charge < -0.3 is 15.2 Å². The number of ether oxygens (including phenoxy) is 1. The largest absolute Gasteiger partial charge is 0.480 e. The number of rotatable bonds is 7. The summed E-state index contributed by atoms with van der Waals surface area (Å²) in [7, 11) is 0. The molecule has 0 radical (unpaired) electrons. The van der Waals surface area contributed by atoms with Crippen LogP contribution in [-0.2, 0) is 9.53 Å². The van der Waals surface area contributed by atoms with Crippen LogP contribution in [0, 0.1) is 11.8 Å². The molecule has 0 aromatic heterocycles. The van der Waals surface area contributed by atoms with Crippen LogP contribution < -0.4 is 5.32 Å². The molecule has 19 heavy (non-hydrogen) atoms. The Labute approximate surface area is 116 Å². The zero-order valence-corrected chi connectivity index (χ0v) is 12.7. The van der Waals surface area contributed by atoms with Crippen LogP contribution in [0.3, 0.4) is 0 Å². The minimum absolute atomic E-state index is 0.304. The van der Waals surface area contributed by atoms with Gasteiger partial charge in [0.05, 0.1) is 6.10 Å². The molecule has 0 aromatic rings. The minimum Gasteiger partial charge on any atom is -0.480 e. The zero-order valence-electron chi connectivity index (χ0n) is 12.7. The third-order valence-electron chi connectivity index (χ3n) is 4.13. The van der Waals surface area contributed by atoms with Crippen molar-refractivity contribution in [2.75, 3.05) is 13.2 Å².